The highest BCUT2D eigenvalue weighted by Crippen LogP contribution is 2.14. The summed E-state index contributed by atoms with van der Waals surface area (Å²) in [5.74, 6) is 1.40. The largest absolute Gasteiger partial charge is 0.254 e. The Kier molecular flexibility index (Phi) is 4.12. The topological polar surface area (TPSA) is 58.6 Å². The van der Waals surface area contributed by atoms with Gasteiger partial charge in [0.15, 0.2) is 0 Å². The van der Waals surface area contributed by atoms with Crippen LogP contribution in [0.25, 0.3) is 0 Å². The van der Waals surface area contributed by atoms with Gasteiger partial charge >= 0.3 is 0 Å². The molecule has 1 atom stereocenters. The lowest BCUT2D eigenvalue weighted by atomic mass is 10.4. The molecule has 0 unspecified atom stereocenters. The van der Waals surface area contributed by atoms with Gasteiger partial charge in [-0.3, -0.25) is 4.21 Å². The van der Waals surface area contributed by atoms with Crippen molar-refractivity contribution in [2.75, 3.05) is 11.5 Å². The van der Waals surface area contributed by atoms with Gasteiger partial charge in [-0.1, -0.05) is 18.2 Å². The molecule has 1 aromatic carbocycles. The maximum atomic E-state index is 11.8. The minimum absolute atomic E-state index is 0.627. The molecule has 6 heteroatoms. The summed E-state index contributed by atoms with van der Waals surface area (Å²) in [5, 5.41) is 11.0. The van der Waals surface area contributed by atoms with Gasteiger partial charge in [0.2, 0.25) is 0 Å². The van der Waals surface area contributed by atoms with Crippen molar-refractivity contribution in [2.45, 2.75) is 9.92 Å². The second-order valence-electron chi connectivity index (χ2n) is 3.02. The predicted molar refractivity (Wildman–Crippen MR) is 64.8 cm³/mol. The molecule has 0 amide bonds. The van der Waals surface area contributed by atoms with E-state index in [-0.39, 0.29) is 0 Å². The molecule has 2 rings (SSSR count). The van der Waals surface area contributed by atoms with Crippen molar-refractivity contribution in [1.82, 2.24) is 15.4 Å². The number of rotatable bonds is 5. The second kappa shape index (κ2) is 5.81. The Labute approximate surface area is 100 Å². The van der Waals surface area contributed by atoms with Crippen molar-refractivity contribution in [3.05, 3.63) is 36.5 Å². The van der Waals surface area contributed by atoms with Crippen LogP contribution in [0.1, 0.15) is 0 Å². The number of H-pyrrole nitrogens is 1. The minimum atomic E-state index is -0.924. The van der Waals surface area contributed by atoms with Crippen LogP contribution < -0.4 is 0 Å². The Morgan fingerprint density at radius 2 is 2.12 bits per heavy atom. The molecule has 0 aliphatic carbocycles. The SMILES string of the molecule is O=[S@@](CCSc1cn[nH]n1)c1ccccc1. The van der Waals surface area contributed by atoms with Crippen molar-refractivity contribution in [1.29, 1.82) is 0 Å². The van der Waals surface area contributed by atoms with Crippen molar-refractivity contribution in [2.24, 2.45) is 0 Å². The molecule has 0 saturated heterocycles. The van der Waals surface area contributed by atoms with E-state index in [1.54, 1.807) is 18.0 Å². The van der Waals surface area contributed by atoms with Crippen LogP contribution in [0.2, 0.25) is 0 Å². The van der Waals surface area contributed by atoms with Gasteiger partial charge in [-0.15, -0.1) is 16.9 Å². The Morgan fingerprint density at radius 3 is 2.81 bits per heavy atom. The van der Waals surface area contributed by atoms with Crippen LogP contribution in [0.4, 0.5) is 0 Å². The van der Waals surface area contributed by atoms with E-state index in [2.05, 4.69) is 15.4 Å². The first kappa shape index (κ1) is 11.3. The van der Waals surface area contributed by atoms with Crippen LogP contribution in [0.3, 0.4) is 0 Å². The summed E-state index contributed by atoms with van der Waals surface area (Å²) in [6.45, 7) is 0. The van der Waals surface area contributed by atoms with Gasteiger partial charge in [0.25, 0.3) is 0 Å². The number of thioether (sulfide) groups is 1. The summed E-state index contributed by atoms with van der Waals surface area (Å²) in [4.78, 5) is 0.878. The van der Waals surface area contributed by atoms with Crippen LogP contribution >= 0.6 is 11.8 Å². The number of hydrogen-bond donors (Lipinski definition) is 1. The fourth-order valence-corrected chi connectivity index (χ4v) is 3.25. The van der Waals surface area contributed by atoms with Crippen molar-refractivity contribution in [3.8, 4) is 0 Å². The number of nitrogens with zero attached hydrogens (tertiary/aromatic N) is 2. The zero-order chi connectivity index (χ0) is 11.2. The van der Waals surface area contributed by atoms with Gasteiger partial charge in [-0.25, -0.2) is 0 Å². The molecule has 2 aromatic rings. The first-order valence-electron chi connectivity index (χ1n) is 4.78. The highest BCUT2D eigenvalue weighted by atomic mass is 32.2. The molecule has 16 heavy (non-hydrogen) atoms. The smallest absolute Gasteiger partial charge is 0.138 e. The monoisotopic (exact) mass is 253 g/mol. The van der Waals surface area contributed by atoms with E-state index < -0.39 is 10.8 Å². The van der Waals surface area contributed by atoms with Crippen LogP contribution in [0, 0.1) is 0 Å². The van der Waals surface area contributed by atoms with E-state index in [0.29, 0.717) is 5.75 Å². The first-order valence-corrected chi connectivity index (χ1v) is 7.09. The maximum Gasteiger partial charge on any atom is 0.138 e. The molecular weight excluding hydrogens is 242 g/mol. The van der Waals surface area contributed by atoms with Gasteiger partial charge in [0.1, 0.15) is 5.03 Å². The third kappa shape index (κ3) is 3.18. The summed E-state index contributed by atoms with van der Waals surface area (Å²) < 4.78 is 11.8. The number of aromatic nitrogens is 3. The summed E-state index contributed by atoms with van der Waals surface area (Å²) >= 11 is 1.55. The van der Waals surface area contributed by atoms with E-state index >= 15 is 0 Å². The Morgan fingerprint density at radius 1 is 1.31 bits per heavy atom. The number of benzene rings is 1. The van der Waals surface area contributed by atoms with Gasteiger partial charge in [-0.05, 0) is 12.1 Å². The van der Waals surface area contributed by atoms with E-state index in [4.69, 9.17) is 0 Å². The zero-order valence-corrected chi connectivity index (χ0v) is 10.1. The normalized spacial score (nSPS) is 12.5. The lowest BCUT2D eigenvalue weighted by molar-refractivity contribution is 0.684. The molecule has 1 heterocycles. The second-order valence-corrected chi connectivity index (χ2v) is 5.71. The van der Waals surface area contributed by atoms with E-state index in [1.165, 1.54) is 0 Å². The third-order valence-corrected chi connectivity index (χ3v) is 4.45. The van der Waals surface area contributed by atoms with Crippen LogP contribution in [0.15, 0.2) is 46.5 Å². The van der Waals surface area contributed by atoms with Gasteiger partial charge in [0, 0.05) is 16.4 Å². The van der Waals surface area contributed by atoms with Crippen molar-refractivity contribution < 1.29 is 4.21 Å². The summed E-state index contributed by atoms with van der Waals surface area (Å²) in [6, 6.07) is 9.49. The molecule has 0 fully saturated rings. The number of aromatic amines is 1. The number of nitrogens with one attached hydrogen (secondary N) is 1. The lowest BCUT2D eigenvalue weighted by Gasteiger charge is -2.00. The molecule has 84 valence electrons. The zero-order valence-electron chi connectivity index (χ0n) is 8.50. The quantitative estimate of drug-likeness (QED) is 0.824. The average molecular weight is 253 g/mol. The van der Waals surface area contributed by atoms with Crippen LogP contribution in [0.5, 0.6) is 0 Å². The number of hydrogen-bond acceptors (Lipinski definition) is 4. The van der Waals surface area contributed by atoms with E-state index in [9.17, 15) is 4.21 Å². The van der Waals surface area contributed by atoms with Gasteiger partial charge in [-0.2, -0.15) is 10.3 Å². The Bertz CT molecular complexity index is 444. The van der Waals surface area contributed by atoms with E-state index in [1.807, 2.05) is 30.3 Å². The molecule has 0 radical (unpaired) electrons. The Hall–Kier alpha value is -1.14. The molecule has 0 saturated carbocycles. The average Bonchev–Trinajstić information content (AvgIpc) is 2.83. The molecule has 0 bridgehead atoms. The van der Waals surface area contributed by atoms with Crippen LogP contribution in [-0.2, 0) is 10.8 Å². The molecule has 0 spiro atoms. The molecule has 0 aliphatic heterocycles. The fraction of sp³-hybridized carbons (Fsp3) is 0.200. The third-order valence-electron chi connectivity index (χ3n) is 1.92. The van der Waals surface area contributed by atoms with Crippen molar-refractivity contribution in [3.63, 3.8) is 0 Å². The minimum Gasteiger partial charge on any atom is -0.254 e. The molecule has 1 aromatic heterocycles. The fourth-order valence-electron chi connectivity index (χ4n) is 1.17. The summed E-state index contributed by atoms with van der Waals surface area (Å²) in [7, 11) is -0.924. The molecule has 4 nitrogen and oxygen atoms in total. The van der Waals surface area contributed by atoms with Gasteiger partial charge < -0.3 is 0 Å². The highest BCUT2D eigenvalue weighted by Gasteiger charge is 2.03. The first-order chi connectivity index (χ1) is 7.86. The Balaban J connectivity index is 1.81. The van der Waals surface area contributed by atoms with Gasteiger partial charge in [0.05, 0.1) is 17.0 Å². The maximum absolute atomic E-state index is 11.8. The lowest BCUT2D eigenvalue weighted by Crippen LogP contribution is -2.00. The molecular formula is C10H11N3OS2. The van der Waals surface area contributed by atoms with E-state index in [0.717, 1.165) is 15.7 Å². The predicted octanol–water partition coefficient (Wildman–Crippen LogP) is 1.70. The highest BCUT2D eigenvalue weighted by molar-refractivity contribution is 8.00. The molecule has 1 N–H and O–H groups in total. The standard InChI is InChI=1S/C10H11N3OS2/c14-16(9-4-2-1-3-5-9)7-6-15-10-8-11-13-12-10/h1-5,8H,6-7H2,(H,11,12,13)/t16-/m0/s1. The van der Waals surface area contributed by atoms with Crippen LogP contribution in [-0.4, -0.2) is 31.1 Å². The molecule has 0 aliphatic rings. The van der Waals surface area contributed by atoms with Crippen molar-refractivity contribution >= 4 is 22.6 Å². The summed E-state index contributed by atoms with van der Waals surface area (Å²) in [6.07, 6.45) is 1.66. The summed E-state index contributed by atoms with van der Waals surface area (Å²) in [5.41, 5.74) is 0.